The number of aryl methyl sites for hydroxylation is 1. The minimum absolute atomic E-state index is 0.335. The van der Waals surface area contributed by atoms with Crippen LogP contribution in [0.3, 0.4) is 0 Å². The van der Waals surface area contributed by atoms with Crippen molar-refractivity contribution in [3.8, 4) is 5.75 Å². The van der Waals surface area contributed by atoms with E-state index in [1.165, 1.54) is 7.11 Å². The van der Waals surface area contributed by atoms with Gasteiger partial charge in [0.1, 0.15) is 5.75 Å². The summed E-state index contributed by atoms with van der Waals surface area (Å²) in [7, 11) is 1.54. The molecule has 0 aliphatic heterocycles. The minimum atomic E-state index is -0.941. The largest absolute Gasteiger partial charge is 0.496 e. The predicted octanol–water partition coefficient (Wildman–Crippen LogP) is 4.34. The summed E-state index contributed by atoms with van der Waals surface area (Å²) < 4.78 is 10.5. The Kier molecular flexibility index (Phi) is 5.41. The number of fused-ring (bicyclic) bond motifs is 1. The molecule has 0 aliphatic carbocycles. The molecule has 138 valence electrons. The first kappa shape index (κ1) is 18.5. The number of carbonyl (C=O) groups excluding carboxylic acids is 2. The van der Waals surface area contributed by atoms with Gasteiger partial charge in [0.15, 0.2) is 6.10 Å². The zero-order valence-electron chi connectivity index (χ0n) is 15.5. The highest BCUT2D eigenvalue weighted by atomic mass is 16.5. The Labute approximate surface area is 157 Å². The van der Waals surface area contributed by atoms with Crippen LogP contribution in [-0.4, -0.2) is 25.1 Å². The molecule has 27 heavy (non-hydrogen) atoms. The van der Waals surface area contributed by atoms with E-state index >= 15 is 0 Å². The first-order valence-corrected chi connectivity index (χ1v) is 8.64. The Morgan fingerprint density at radius 2 is 1.74 bits per heavy atom. The van der Waals surface area contributed by atoms with Crippen LogP contribution in [0, 0.1) is 6.92 Å². The smallest absolute Gasteiger partial charge is 0.339 e. The molecule has 0 heterocycles. The molecule has 0 saturated carbocycles. The molecule has 0 aromatic heterocycles. The van der Waals surface area contributed by atoms with Crippen LogP contribution in [0.5, 0.6) is 5.75 Å². The molecule has 0 radical (unpaired) electrons. The molecule has 3 aromatic carbocycles. The summed E-state index contributed by atoms with van der Waals surface area (Å²) >= 11 is 0. The van der Waals surface area contributed by atoms with Crippen LogP contribution in [0.15, 0.2) is 60.7 Å². The summed E-state index contributed by atoms with van der Waals surface area (Å²) in [6, 6.07) is 18.4. The Morgan fingerprint density at radius 3 is 2.52 bits per heavy atom. The first-order chi connectivity index (χ1) is 13.0. The normalized spacial score (nSPS) is 11.7. The summed E-state index contributed by atoms with van der Waals surface area (Å²) in [6.07, 6.45) is -0.941. The summed E-state index contributed by atoms with van der Waals surface area (Å²) in [5.41, 5.74) is 1.93. The van der Waals surface area contributed by atoms with Gasteiger partial charge in [-0.15, -0.1) is 0 Å². The number of carbonyl (C=O) groups is 2. The van der Waals surface area contributed by atoms with E-state index in [9.17, 15) is 9.59 Å². The van der Waals surface area contributed by atoms with Gasteiger partial charge in [-0.25, -0.2) is 4.79 Å². The molecular formula is C22H21NO4. The SMILES string of the molecule is COc1cc(C(=O)O[C@H](C)C(=O)Nc2cccc3ccccc23)ccc1C. The Morgan fingerprint density at radius 1 is 1.00 bits per heavy atom. The standard InChI is InChI=1S/C22H21NO4/c1-14-11-12-17(13-20(14)26-3)22(25)27-15(2)21(24)23-19-10-6-8-16-7-4-5-9-18(16)19/h4-13,15H,1-3H3,(H,23,24)/t15-/m1/s1. The maximum absolute atomic E-state index is 12.5. The third kappa shape index (κ3) is 4.08. The zero-order valence-corrected chi connectivity index (χ0v) is 15.5. The molecule has 1 amide bonds. The van der Waals surface area contributed by atoms with Gasteiger partial charge in [-0.3, -0.25) is 4.79 Å². The molecule has 0 aliphatic rings. The Balaban J connectivity index is 1.71. The van der Waals surface area contributed by atoms with Crippen molar-refractivity contribution in [3.63, 3.8) is 0 Å². The lowest BCUT2D eigenvalue weighted by Crippen LogP contribution is -2.30. The minimum Gasteiger partial charge on any atom is -0.496 e. The number of hydrogen-bond acceptors (Lipinski definition) is 4. The molecule has 5 heteroatoms. The van der Waals surface area contributed by atoms with E-state index in [4.69, 9.17) is 9.47 Å². The topological polar surface area (TPSA) is 64.6 Å². The second-order valence-corrected chi connectivity index (χ2v) is 6.25. The first-order valence-electron chi connectivity index (χ1n) is 8.64. The second kappa shape index (κ2) is 7.91. The molecule has 0 unspecified atom stereocenters. The lowest BCUT2D eigenvalue weighted by atomic mass is 10.1. The fraction of sp³-hybridized carbons (Fsp3) is 0.182. The van der Waals surface area contributed by atoms with E-state index in [0.29, 0.717) is 17.0 Å². The highest BCUT2D eigenvalue weighted by Gasteiger charge is 2.20. The van der Waals surface area contributed by atoms with Crippen molar-refractivity contribution in [2.24, 2.45) is 0 Å². The molecule has 1 N–H and O–H groups in total. The quantitative estimate of drug-likeness (QED) is 0.685. The number of methoxy groups -OCH3 is 1. The molecule has 5 nitrogen and oxygen atoms in total. The average molecular weight is 363 g/mol. The molecule has 0 saturated heterocycles. The summed E-state index contributed by atoms with van der Waals surface area (Å²) in [5.74, 6) is -0.370. The summed E-state index contributed by atoms with van der Waals surface area (Å²) in [6.45, 7) is 3.43. The van der Waals surface area contributed by atoms with E-state index in [2.05, 4.69) is 5.32 Å². The van der Waals surface area contributed by atoms with Gasteiger partial charge in [-0.05, 0) is 43.0 Å². The van der Waals surface area contributed by atoms with Crippen LogP contribution < -0.4 is 10.1 Å². The Bertz CT molecular complexity index is 991. The summed E-state index contributed by atoms with van der Waals surface area (Å²) in [4.78, 5) is 24.8. The van der Waals surface area contributed by atoms with Crippen molar-refractivity contribution in [1.82, 2.24) is 0 Å². The van der Waals surface area contributed by atoms with Crippen molar-refractivity contribution in [2.45, 2.75) is 20.0 Å². The van der Waals surface area contributed by atoms with Crippen molar-refractivity contribution in [3.05, 3.63) is 71.8 Å². The number of esters is 1. The lowest BCUT2D eigenvalue weighted by molar-refractivity contribution is -0.123. The maximum Gasteiger partial charge on any atom is 0.339 e. The van der Waals surface area contributed by atoms with Crippen LogP contribution in [0.1, 0.15) is 22.8 Å². The highest BCUT2D eigenvalue weighted by molar-refractivity contribution is 6.04. The third-order valence-corrected chi connectivity index (χ3v) is 4.34. The fourth-order valence-corrected chi connectivity index (χ4v) is 2.80. The van der Waals surface area contributed by atoms with Gasteiger partial charge in [0.05, 0.1) is 12.7 Å². The summed E-state index contributed by atoms with van der Waals surface area (Å²) in [5, 5.41) is 4.78. The van der Waals surface area contributed by atoms with Gasteiger partial charge in [0.25, 0.3) is 5.91 Å². The van der Waals surface area contributed by atoms with Crippen molar-refractivity contribution in [2.75, 3.05) is 12.4 Å². The van der Waals surface area contributed by atoms with Gasteiger partial charge in [0, 0.05) is 11.1 Å². The van der Waals surface area contributed by atoms with Crippen molar-refractivity contribution in [1.29, 1.82) is 0 Å². The fourth-order valence-electron chi connectivity index (χ4n) is 2.80. The molecule has 0 fully saturated rings. The number of anilines is 1. The van der Waals surface area contributed by atoms with Gasteiger partial charge in [-0.1, -0.05) is 42.5 Å². The number of nitrogens with one attached hydrogen (secondary N) is 1. The molecule has 3 rings (SSSR count). The van der Waals surface area contributed by atoms with Gasteiger partial charge in [-0.2, -0.15) is 0 Å². The van der Waals surface area contributed by atoms with E-state index in [-0.39, 0.29) is 0 Å². The van der Waals surface area contributed by atoms with Crippen molar-refractivity contribution >= 4 is 28.3 Å². The van der Waals surface area contributed by atoms with Gasteiger partial charge < -0.3 is 14.8 Å². The van der Waals surface area contributed by atoms with E-state index in [1.807, 2.05) is 49.4 Å². The number of benzene rings is 3. The Hall–Kier alpha value is -3.34. The maximum atomic E-state index is 12.5. The molecule has 1 atom stereocenters. The highest BCUT2D eigenvalue weighted by Crippen LogP contribution is 2.23. The van der Waals surface area contributed by atoms with Crippen LogP contribution in [0.2, 0.25) is 0 Å². The number of hydrogen-bond donors (Lipinski definition) is 1. The monoisotopic (exact) mass is 363 g/mol. The van der Waals surface area contributed by atoms with Crippen LogP contribution in [0.25, 0.3) is 10.8 Å². The molecule has 3 aromatic rings. The predicted molar refractivity (Wildman–Crippen MR) is 105 cm³/mol. The molecule has 0 spiro atoms. The molecular weight excluding hydrogens is 342 g/mol. The second-order valence-electron chi connectivity index (χ2n) is 6.25. The van der Waals surface area contributed by atoms with E-state index in [1.54, 1.807) is 25.1 Å². The van der Waals surface area contributed by atoms with Crippen LogP contribution in [0.4, 0.5) is 5.69 Å². The zero-order chi connectivity index (χ0) is 19.4. The third-order valence-electron chi connectivity index (χ3n) is 4.34. The van der Waals surface area contributed by atoms with Gasteiger partial charge >= 0.3 is 5.97 Å². The van der Waals surface area contributed by atoms with Crippen LogP contribution in [-0.2, 0) is 9.53 Å². The number of ether oxygens (including phenoxy) is 2. The van der Waals surface area contributed by atoms with Crippen LogP contribution >= 0.6 is 0 Å². The number of rotatable bonds is 5. The lowest BCUT2D eigenvalue weighted by Gasteiger charge is -2.15. The van der Waals surface area contributed by atoms with Gasteiger partial charge in [0.2, 0.25) is 0 Å². The molecule has 0 bridgehead atoms. The average Bonchev–Trinajstić information content (AvgIpc) is 2.68. The number of amides is 1. The van der Waals surface area contributed by atoms with Crippen molar-refractivity contribution < 1.29 is 19.1 Å². The van der Waals surface area contributed by atoms with E-state index < -0.39 is 18.0 Å². The van der Waals surface area contributed by atoms with E-state index in [0.717, 1.165) is 16.3 Å².